The molecule has 5 heteroatoms. The molecule has 3 aromatic rings. The minimum absolute atomic E-state index is 0.0435. The molecule has 1 aromatic carbocycles. The first-order chi connectivity index (χ1) is 9.18. The number of para-hydroxylation sites is 1. The van der Waals surface area contributed by atoms with Crippen LogP contribution < -0.4 is 5.56 Å². The van der Waals surface area contributed by atoms with E-state index < -0.39 is 0 Å². The summed E-state index contributed by atoms with van der Waals surface area (Å²) in [5.74, 6) is 0. The Hall–Kier alpha value is -1.72. The van der Waals surface area contributed by atoms with Gasteiger partial charge in [0.25, 0.3) is 5.56 Å². The van der Waals surface area contributed by atoms with Gasteiger partial charge < -0.3 is 4.98 Å². The Labute approximate surface area is 119 Å². The number of thiophene rings is 1. The zero-order valence-electron chi connectivity index (χ0n) is 10.3. The van der Waals surface area contributed by atoms with Crippen LogP contribution in [0, 0.1) is 4.77 Å². The summed E-state index contributed by atoms with van der Waals surface area (Å²) in [5.41, 5.74) is 1.84. The molecule has 1 unspecified atom stereocenters. The van der Waals surface area contributed by atoms with Crippen LogP contribution in [0.2, 0.25) is 0 Å². The topological polar surface area (TPSA) is 37.8 Å². The molecule has 2 heterocycles. The van der Waals surface area contributed by atoms with E-state index in [1.807, 2.05) is 48.0 Å². The molecule has 2 aromatic heterocycles. The highest BCUT2D eigenvalue weighted by atomic mass is 32.1. The number of nitrogens with zero attached hydrogens (tertiary/aromatic N) is 1. The summed E-state index contributed by atoms with van der Waals surface area (Å²) in [6.07, 6.45) is 0. The van der Waals surface area contributed by atoms with E-state index in [1.54, 1.807) is 15.9 Å². The van der Waals surface area contributed by atoms with Gasteiger partial charge in [-0.05, 0) is 53.7 Å². The standard InChI is InChI=1S/C14H12N2OS2/c1-9(10-6-7-19-8-10)16-13(17)11-4-2-3-5-12(11)15-14(16)18/h2-9H,1H3,(H,15,18). The third kappa shape index (κ3) is 2.05. The molecule has 0 spiro atoms. The fraction of sp³-hybridized carbons (Fsp3) is 0.143. The molecule has 96 valence electrons. The summed E-state index contributed by atoms with van der Waals surface area (Å²) in [5, 5.41) is 4.71. The molecule has 0 bridgehead atoms. The van der Waals surface area contributed by atoms with Crippen LogP contribution in [0.5, 0.6) is 0 Å². The van der Waals surface area contributed by atoms with E-state index in [4.69, 9.17) is 12.2 Å². The molecule has 0 aliphatic carbocycles. The monoisotopic (exact) mass is 288 g/mol. The molecule has 3 nitrogen and oxygen atoms in total. The minimum Gasteiger partial charge on any atom is -0.332 e. The number of nitrogens with one attached hydrogen (secondary N) is 1. The first-order valence-corrected chi connectivity index (χ1v) is 7.29. The normalized spacial score (nSPS) is 12.7. The largest absolute Gasteiger partial charge is 0.332 e. The fourth-order valence-corrected chi connectivity index (χ4v) is 3.29. The second-order valence-corrected chi connectivity index (χ2v) is 5.55. The first kappa shape index (κ1) is 12.3. The van der Waals surface area contributed by atoms with Crippen LogP contribution in [0.3, 0.4) is 0 Å². The fourth-order valence-electron chi connectivity index (χ4n) is 2.19. The number of hydrogen-bond acceptors (Lipinski definition) is 3. The minimum atomic E-state index is -0.0629. The van der Waals surface area contributed by atoms with Gasteiger partial charge in [0, 0.05) is 0 Å². The molecular formula is C14H12N2OS2. The van der Waals surface area contributed by atoms with Gasteiger partial charge >= 0.3 is 0 Å². The lowest BCUT2D eigenvalue weighted by molar-refractivity contribution is 0.601. The van der Waals surface area contributed by atoms with Crippen LogP contribution in [-0.2, 0) is 0 Å². The molecule has 1 N–H and O–H groups in total. The Morgan fingerprint density at radius 1 is 1.32 bits per heavy atom. The van der Waals surface area contributed by atoms with Gasteiger partial charge in [-0.3, -0.25) is 9.36 Å². The number of benzene rings is 1. The van der Waals surface area contributed by atoms with Gasteiger partial charge in [-0.1, -0.05) is 12.1 Å². The van der Waals surface area contributed by atoms with Crippen LogP contribution in [0.15, 0.2) is 45.9 Å². The van der Waals surface area contributed by atoms with Crippen LogP contribution in [0.4, 0.5) is 0 Å². The van der Waals surface area contributed by atoms with Crippen molar-refractivity contribution >= 4 is 34.5 Å². The summed E-state index contributed by atoms with van der Waals surface area (Å²) in [7, 11) is 0. The van der Waals surface area contributed by atoms with Gasteiger partial charge in [0.2, 0.25) is 0 Å². The van der Waals surface area contributed by atoms with Gasteiger partial charge in [0.1, 0.15) is 0 Å². The highest BCUT2D eigenvalue weighted by Gasteiger charge is 2.13. The highest BCUT2D eigenvalue weighted by molar-refractivity contribution is 7.71. The third-order valence-corrected chi connectivity index (χ3v) is 4.25. The van der Waals surface area contributed by atoms with E-state index >= 15 is 0 Å². The quantitative estimate of drug-likeness (QED) is 0.730. The van der Waals surface area contributed by atoms with E-state index in [0.717, 1.165) is 11.1 Å². The summed E-state index contributed by atoms with van der Waals surface area (Å²) in [4.78, 5) is 15.7. The van der Waals surface area contributed by atoms with Gasteiger partial charge in [-0.2, -0.15) is 11.3 Å². The molecule has 0 radical (unpaired) electrons. The van der Waals surface area contributed by atoms with E-state index in [9.17, 15) is 4.79 Å². The SMILES string of the molecule is CC(c1ccsc1)n1c(=S)[nH]c2ccccc2c1=O. The van der Waals surface area contributed by atoms with Crippen LogP contribution >= 0.6 is 23.6 Å². The van der Waals surface area contributed by atoms with Crippen molar-refractivity contribution in [2.45, 2.75) is 13.0 Å². The second-order valence-electron chi connectivity index (χ2n) is 4.38. The third-order valence-electron chi connectivity index (χ3n) is 3.25. The predicted octanol–water partition coefficient (Wildman–Crippen LogP) is 3.73. The van der Waals surface area contributed by atoms with E-state index in [0.29, 0.717) is 10.2 Å². The van der Waals surface area contributed by atoms with Gasteiger partial charge in [-0.15, -0.1) is 0 Å². The lowest BCUT2D eigenvalue weighted by Gasteiger charge is -2.14. The Bertz CT molecular complexity index is 831. The number of aromatic nitrogens is 2. The van der Waals surface area contributed by atoms with Crippen LogP contribution in [0.25, 0.3) is 10.9 Å². The van der Waals surface area contributed by atoms with E-state index in [-0.39, 0.29) is 11.6 Å². The number of rotatable bonds is 2. The lowest BCUT2D eigenvalue weighted by Crippen LogP contribution is -2.25. The molecule has 1 atom stereocenters. The van der Waals surface area contributed by atoms with Crippen molar-refractivity contribution in [1.29, 1.82) is 0 Å². The maximum atomic E-state index is 12.6. The maximum Gasteiger partial charge on any atom is 0.262 e. The van der Waals surface area contributed by atoms with Crippen LogP contribution in [-0.4, -0.2) is 9.55 Å². The lowest BCUT2D eigenvalue weighted by atomic mass is 10.1. The summed E-state index contributed by atoms with van der Waals surface area (Å²) < 4.78 is 2.10. The van der Waals surface area contributed by atoms with Crippen molar-refractivity contribution in [1.82, 2.24) is 9.55 Å². The molecular weight excluding hydrogens is 276 g/mol. The number of hydrogen-bond donors (Lipinski definition) is 1. The molecule has 19 heavy (non-hydrogen) atoms. The Morgan fingerprint density at radius 3 is 2.84 bits per heavy atom. The summed E-state index contributed by atoms with van der Waals surface area (Å²) in [6.45, 7) is 1.99. The Morgan fingerprint density at radius 2 is 2.11 bits per heavy atom. The molecule has 0 amide bonds. The number of H-pyrrole nitrogens is 1. The van der Waals surface area contributed by atoms with Crippen LogP contribution in [0.1, 0.15) is 18.5 Å². The maximum absolute atomic E-state index is 12.6. The molecule has 0 aliphatic heterocycles. The van der Waals surface area contributed by atoms with Crippen molar-refractivity contribution in [3.8, 4) is 0 Å². The van der Waals surface area contributed by atoms with Crippen molar-refractivity contribution in [2.75, 3.05) is 0 Å². The highest BCUT2D eigenvalue weighted by Crippen LogP contribution is 2.20. The summed E-state index contributed by atoms with van der Waals surface area (Å²) >= 11 is 6.95. The molecule has 0 saturated heterocycles. The molecule has 0 saturated carbocycles. The van der Waals surface area contributed by atoms with Gasteiger partial charge in [0.15, 0.2) is 4.77 Å². The molecule has 0 fully saturated rings. The van der Waals surface area contributed by atoms with Crippen molar-refractivity contribution < 1.29 is 0 Å². The van der Waals surface area contributed by atoms with Gasteiger partial charge in [0.05, 0.1) is 16.9 Å². The zero-order valence-corrected chi connectivity index (χ0v) is 11.9. The molecule has 3 rings (SSSR count). The van der Waals surface area contributed by atoms with E-state index in [2.05, 4.69) is 4.98 Å². The Kier molecular flexibility index (Phi) is 3.08. The smallest absolute Gasteiger partial charge is 0.262 e. The van der Waals surface area contributed by atoms with Crippen molar-refractivity contribution in [3.63, 3.8) is 0 Å². The number of aromatic amines is 1. The van der Waals surface area contributed by atoms with Gasteiger partial charge in [-0.25, -0.2) is 0 Å². The second kappa shape index (κ2) is 4.75. The average Bonchev–Trinajstić information content (AvgIpc) is 2.92. The zero-order chi connectivity index (χ0) is 13.4. The van der Waals surface area contributed by atoms with Crippen molar-refractivity contribution in [2.24, 2.45) is 0 Å². The predicted molar refractivity (Wildman–Crippen MR) is 81.5 cm³/mol. The number of fused-ring (bicyclic) bond motifs is 1. The summed E-state index contributed by atoms with van der Waals surface area (Å²) in [6, 6.07) is 9.39. The van der Waals surface area contributed by atoms with Crippen molar-refractivity contribution in [3.05, 3.63) is 61.8 Å². The Balaban J connectivity index is 2.30. The van der Waals surface area contributed by atoms with E-state index in [1.165, 1.54) is 0 Å². The average molecular weight is 288 g/mol. The molecule has 0 aliphatic rings. The first-order valence-electron chi connectivity index (χ1n) is 5.94.